The van der Waals surface area contributed by atoms with Crippen LogP contribution in [-0.2, 0) is 27.8 Å². The van der Waals surface area contributed by atoms with Crippen molar-refractivity contribution in [2.24, 2.45) is 12.8 Å². The van der Waals surface area contributed by atoms with Crippen molar-refractivity contribution in [1.82, 2.24) is 9.78 Å². The Morgan fingerprint density at radius 2 is 1.93 bits per heavy atom. The molecule has 0 aliphatic heterocycles. The number of nitrogens with two attached hydrogens (primary N) is 1. The highest BCUT2D eigenvalue weighted by Gasteiger charge is 2.22. The zero-order valence-corrected chi connectivity index (χ0v) is 16.5. The van der Waals surface area contributed by atoms with Crippen LogP contribution < -0.4 is 16.6 Å². The third-order valence-electron chi connectivity index (χ3n) is 4.19. The van der Waals surface area contributed by atoms with Crippen LogP contribution in [0.2, 0.25) is 0 Å². The molecule has 2 amide bonds. The number of amides is 2. The topological polar surface area (TPSA) is 133 Å². The summed E-state index contributed by atoms with van der Waals surface area (Å²) in [6.07, 6.45) is -1.32. The van der Waals surface area contributed by atoms with Crippen LogP contribution in [0.5, 0.6) is 0 Å². The molecule has 1 unspecified atom stereocenters. The summed E-state index contributed by atoms with van der Waals surface area (Å²) in [5.74, 6) is -1.94. The number of hydrogen-bond donors (Lipinski definition) is 2. The fourth-order valence-corrected chi connectivity index (χ4v) is 3.54. The zero-order chi connectivity index (χ0) is 21.1. The van der Waals surface area contributed by atoms with Gasteiger partial charge >= 0.3 is 5.97 Å². The van der Waals surface area contributed by atoms with Gasteiger partial charge in [0.05, 0.1) is 23.1 Å². The van der Waals surface area contributed by atoms with Crippen LogP contribution in [0.3, 0.4) is 0 Å². The van der Waals surface area contributed by atoms with Crippen molar-refractivity contribution >= 4 is 44.9 Å². The minimum absolute atomic E-state index is 0.183. The third kappa shape index (κ3) is 4.32. The first-order chi connectivity index (χ1) is 13.8. The van der Waals surface area contributed by atoms with E-state index in [0.29, 0.717) is 16.5 Å². The van der Waals surface area contributed by atoms with E-state index in [4.69, 9.17) is 10.5 Å². The highest BCUT2D eigenvalue weighted by atomic mass is 32.1. The molecule has 0 saturated heterocycles. The maximum Gasteiger partial charge on any atom is 0.312 e. The fourth-order valence-electron chi connectivity index (χ4n) is 2.75. The number of ether oxygens (including phenoxy) is 1. The first kappa shape index (κ1) is 20.2. The van der Waals surface area contributed by atoms with E-state index in [1.54, 1.807) is 29.6 Å². The Hall–Kier alpha value is -3.53. The highest BCUT2D eigenvalue weighted by Crippen LogP contribution is 2.23. The third-order valence-corrected chi connectivity index (χ3v) is 5.02. The van der Waals surface area contributed by atoms with Gasteiger partial charge in [0.25, 0.3) is 17.4 Å². The molecule has 2 aromatic heterocycles. The number of primary amides is 1. The summed E-state index contributed by atoms with van der Waals surface area (Å²) in [5.41, 5.74) is 5.53. The lowest BCUT2D eigenvalue weighted by Gasteiger charge is -2.14. The van der Waals surface area contributed by atoms with Gasteiger partial charge in [-0.3, -0.25) is 19.2 Å². The predicted octanol–water partition coefficient (Wildman–Crippen LogP) is 1.21. The number of aromatic nitrogens is 2. The lowest BCUT2D eigenvalue weighted by molar-refractivity contribution is -0.152. The second kappa shape index (κ2) is 8.23. The SMILES string of the molecule is CC(OC(=O)Cc1nn(C)c(=O)c2ccccc12)C(=O)Nc1sccc1C(N)=O. The first-order valence-electron chi connectivity index (χ1n) is 8.60. The quantitative estimate of drug-likeness (QED) is 0.583. The number of fused-ring (bicyclic) bond motifs is 1. The molecule has 0 aliphatic carbocycles. The molecule has 0 saturated carbocycles. The van der Waals surface area contributed by atoms with Gasteiger partial charge in [-0.1, -0.05) is 18.2 Å². The standard InChI is InChI=1S/C19H18N4O5S/c1-10(17(26)21-18-13(16(20)25)7-8-29-18)28-15(24)9-14-11-5-3-4-6-12(11)19(27)23(2)22-14/h3-8,10H,9H2,1-2H3,(H2,20,25)(H,21,26). The Morgan fingerprint density at radius 1 is 1.24 bits per heavy atom. The first-order valence-corrected chi connectivity index (χ1v) is 9.48. The fraction of sp³-hybridized carbons (Fsp3) is 0.211. The molecular weight excluding hydrogens is 396 g/mol. The molecule has 2 heterocycles. The van der Waals surface area contributed by atoms with Gasteiger partial charge in [-0.05, 0) is 24.4 Å². The van der Waals surface area contributed by atoms with Crippen LogP contribution in [0.25, 0.3) is 10.8 Å². The number of aryl methyl sites for hydroxylation is 1. The number of nitrogens with zero attached hydrogens (tertiary/aromatic N) is 2. The summed E-state index contributed by atoms with van der Waals surface area (Å²) in [6.45, 7) is 1.41. The molecule has 3 aromatic rings. The van der Waals surface area contributed by atoms with E-state index < -0.39 is 23.9 Å². The summed E-state index contributed by atoms with van der Waals surface area (Å²) >= 11 is 1.13. The van der Waals surface area contributed by atoms with Crippen molar-refractivity contribution < 1.29 is 19.1 Å². The average Bonchev–Trinajstić information content (AvgIpc) is 3.14. The van der Waals surface area contributed by atoms with E-state index in [-0.39, 0.29) is 22.5 Å². The smallest absolute Gasteiger partial charge is 0.312 e. The maximum atomic E-state index is 12.3. The number of rotatable bonds is 6. The van der Waals surface area contributed by atoms with Crippen LogP contribution in [0.4, 0.5) is 5.00 Å². The van der Waals surface area contributed by atoms with Gasteiger partial charge in [-0.25, -0.2) is 4.68 Å². The van der Waals surface area contributed by atoms with E-state index in [0.717, 1.165) is 16.0 Å². The minimum atomic E-state index is -1.11. The second-order valence-corrected chi connectivity index (χ2v) is 7.16. The molecule has 0 bridgehead atoms. The van der Waals surface area contributed by atoms with Crippen molar-refractivity contribution in [3.8, 4) is 0 Å². The second-order valence-electron chi connectivity index (χ2n) is 6.25. The van der Waals surface area contributed by atoms with E-state index in [2.05, 4.69) is 10.4 Å². The molecule has 3 N–H and O–H groups in total. The van der Waals surface area contributed by atoms with Crippen LogP contribution in [-0.4, -0.2) is 33.7 Å². The zero-order valence-electron chi connectivity index (χ0n) is 15.7. The number of anilines is 1. The Morgan fingerprint density at radius 3 is 2.62 bits per heavy atom. The van der Waals surface area contributed by atoms with Gasteiger partial charge in [-0.2, -0.15) is 5.10 Å². The van der Waals surface area contributed by atoms with Gasteiger partial charge in [0.1, 0.15) is 5.00 Å². The van der Waals surface area contributed by atoms with Gasteiger partial charge in [0.2, 0.25) is 0 Å². The molecule has 0 radical (unpaired) electrons. The van der Waals surface area contributed by atoms with Crippen LogP contribution in [0.1, 0.15) is 23.0 Å². The van der Waals surface area contributed by atoms with Crippen molar-refractivity contribution in [2.45, 2.75) is 19.4 Å². The molecule has 1 atom stereocenters. The van der Waals surface area contributed by atoms with Gasteiger partial charge in [-0.15, -0.1) is 11.3 Å². The van der Waals surface area contributed by atoms with E-state index >= 15 is 0 Å². The number of carbonyl (C=O) groups is 3. The summed E-state index contributed by atoms with van der Waals surface area (Å²) < 4.78 is 6.35. The maximum absolute atomic E-state index is 12.3. The Bertz CT molecular complexity index is 1170. The molecule has 1 aromatic carbocycles. The normalized spacial score (nSPS) is 11.8. The van der Waals surface area contributed by atoms with Crippen molar-refractivity contribution in [3.63, 3.8) is 0 Å². The minimum Gasteiger partial charge on any atom is -0.452 e. The lowest BCUT2D eigenvalue weighted by atomic mass is 10.1. The van der Waals surface area contributed by atoms with E-state index in [9.17, 15) is 19.2 Å². The van der Waals surface area contributed by atoms with Crippen LogP contribution in [0, 0.1) is 0 Å². The molecule has 0 spiro atoms. The molecule has 29 heavy (non-hydrogen) atoms. The monoisotopic (exact) mass is 414 g/mol. The molecule has 9 nitrogen and oxygen atoms in total. The molecule has 0 aliphatic rings. The van der Waals surface area contributed by atoms with Gasteiger partial charge < -0.3 is 15.8 Å². The number of hydrogen-bond acceptors (Lipinski definition) is 7. The largest absolute Gasteiger partial charge is 0.452 e. The molecule has 0 fully saturated rings. The van der Waals surface area contributed by atoms with Crippen LogP contribution in [0.15, 0.2) is 40.5 Å². The van der Waals surface area contributed by atoms with Gasteiger partial charge in [0.15, 0.2) is 6.10 Å². The number of thiophene rings is 1. The summed E-state index contributed by atoms with van der Waals surface area (Å²) in [6, 6.07) is 8.32. The Labute approximate surface area is 169 Å². The molecule has 10 heteroatoms. The molecule has 3 rings (SSSR count). The predicted molar refractivity (Wildman–Crippen MR) is 108 cm³/mol. The summed E-state index contributed by atoms with van der Waals surface area (Å²) in [5, 5.41) is 9.56. The number of benzene rings is 1. The Balaban J connectivity index is 1.71. The van der Waals surface area contributed by atoms with E-state index in [1.165, 1.54) is 20.0 Å². The lowest BCUT2D eigenvalue weighted by Crippen LogP contribution is -2.31. The summed E-state index contributed by atoms with van der Waals surface area (Å²) in [7, 11) is 1.50. The number of esters is 1. The van der Waals surface area contributed by atoms with Crippen molar-refractivity contribution in [3.05, 3.63) is 57.3 Å². The van der Waals surface area contributed by atoms with Crippen molar-refractivity contribution in [1.29, 1.82) is 0 Å². The molecular formula is C19H18N4O5S. The average molecular weight is 414 g/mol. The highest BCUT2D eigenvalue weighted by molar-refractivity contribution is 7.14. The van der Waals surface area contributed by atoms with E-state index in [1.807, 2.05) is 0 Å². The number of carbonyl (C=O) groups excluding carboxylic acids is 3. The number of nitrogens with one attached hydrogen (secondary N) is 1. The Kier molecular flexibility index (Phi) is 5.74. The van der Waals surface area contributed by atoms with Gasteiger partial charge in [0, 0.05) is 12.4 Å². The summed E-state index contributed by atoms with van der Waals surface area (Å²) in [4.78, 5) is 48.1. The van der Waals surface area contributed by atoms with Crippen LogP contribution >= 0.6 is 11.3 Å². The van der Waals surface area contributed by atoms with Crippen molar-refractivity contribution in [2.75, 3.05) is 5.32 Å². The molecule has 150 valence electrons.